The maximum absolute atomic E-state index is 12.8. The van der Waals surface area contributed by atoms with E-state index in [-0.39, 0.29) is 30.7 Å². The van der Waals surface area contributed by atoms with Crippen LogP contribution < -0.4 is 5.73 Å². The smallest absolute Gasteiger partial charge is 0.239 e. The lowest BCUT2D eigenvalue weighted by Crippen LogP contribution is -2.46. The van der Waals surface area contributed by atoms with Gasteiger partial charge in [-0.15, -0.1) is 24.8 Å². The summed E-state index contributed by atoms with van der Waals surface area (Å²) < 4.78 is 1.96. The van der Waals surface area contributed by atoms with Crippen LogP contribution in [-0.4, -0.2) is 49.7 Å². The van der Waals surface area contributed by atoms with Crippen molar-refractivity contribution in [3.05, 3.63) is 59.8 Å². The molecule has 0 aliphatic carbocycles. The summed E-state index contributed by atoms with van der Waals surface area (Å²) in [6, 6.07) is 9.73. The number of nitrogens with zero attached hydrogens (tertiary/aromatic N) is 4. The van der Waals surface area contributed by atoms with Crippen molar-refractivity contribution in [1.29, 1.82) is 0 Å². The first-order valence-corrected chi connectivity index (χ1v) is 9.25. The molecule has 9 heteroatoms. The normalized spacial score (nSPS) is 14.2. The Morgan fingerprint density at radius 1 is 1.21 bits per heavy atom. The minimum absolute atomic E-state index is 0. The molecular weight excluding hydrogens is 411 g/mol. The van der Waals surface area contributed by atoms with Gasteiger partial charge in [0.2, 0.25) is 5.91 Å². The molecule has 0 saturated carbocycles. The molecule has 3 heterocycles. The fraction of sp³-hybridized carbons (Fsp3) is 0.350. The van der Waals surface area contributed by atoms with E-state index in [1.165, 1.54) is 5.56 Å². The highest BCUT2D eigenvalue weighted by Crippen LogP contribution is 2.28. The topological polar surface area (TPSA) is 92.8 Å². The number of imidazole rings is 1. The molecule has 0 fully saturated rings. The summed E-state index contributed by atoms with van der Waals surface area (Å²) >= 11 is 0. The highest BCUT2D eigenvalue weighted by Gasteiger charge is 2.27. The predicted molar refractivity (Wildman–Crippen MR) is 117 cm³/mol. The van der Waals surface area contributed by atoms with E-state index in [0.717, 1.165) is 35.5 Å². The van der Waals surface area contributed by atoms with Crippen molar-refractivity contribution in [2.45, 2.75) is 25.3 Å². The number of nitrogens with two attached hydrogens (primary N) is 1. The molecule has 0 bridgehead atoms. The number of halogens is 2. The van der Waals surface area contributed by atoms with Crippen molar-refractivity contribution in [2.24, 2.45) is 12.8 Å². The average Bonchev–Trinajstić information content (AvgIpc) is 3.24. The fourth-order valence-corrected chi connectivity index (χ4v) is 3.82. The van der Waals surface area contributed by atoms with E-state index in [1.54, 1.807) is 12.5 Å². The lowest BCUT2D eigenvalue weighted by Gasteiger charge is -2.24. The van der Waals surface area contributed by atoms with Crippen molar-refractivity contribution >= 4 is 30.7 Å². The number of aryl methyl sites for hydroxylation is 1. The molecular formula is C20H26Cl2N6O. The molecule has 1 aromatic carbocycles. The summed E-state index contributed by atoms with van der Waals surface area (Å²) in [7, 11) is 1.99. The zero-order chi connectivity index (χ0) is 18.8. The largest absolute Gasteiger partial charge is 0.348 e. The molecule has 1 atom stereocenters. The van der Waals surface area contributed by atoms with Gasteiger partial charge in [0.25, 0.3) is 0 Å². The van der Waals surface area contributed by atoms with E-state index in [0.29, 0.717) is 19.5 Å². The number of amides is 1. The number of benzene rings is 1. The van der Waals surface area contributed by atoms with Gasteiger partial charge >= 0.3 is 0 Å². The van der Waals surface area contributed by atoms with Crippen LogP contribution >= 0.6 is 24.8 Å². The second-order valence-corrected chi connectivity index (χ2v) is 6.98. The first-order valence-electron chi connectivity index (χ1n) is 9.25. The molecule has 1 amide bonds. The van der Waals surface area contributed by atoms with Gasteiger partial charge in [-0.3, -0.25) is 9.48 Å². The summed E-state index contributed by atoms with van der Waals surface area (Å²) in [6.45, 7) is 1.31. The number of aromatic amines is 1. The highest BCUT2D eigenvalue weighted by atomic mass is 35.5. The third kappa shape index (κ3) is 4.80. The molecule has 3 N–H and O–H groups in total. The van der Waals surface area contributed by atoms with Gasteiger partial charge in [0.15, 0.2) is 0 Å². The Hall–Kier alpha value is -2.35. The summed E-state index contributed by atoms with van der Waals surface area (Å²) in [5, 5.41) is 4.72. The Bertz CT molecular complexity index is 926. The van der Waals surface area contributed by atoms with Gasteiger partial charge < -0.3 is 15.6 Å². The van der Waals surface area contributed by atoms with Gasteiger partial charge in [0, 0.05) is 56.0 Å². The van der Waals surface area contributed by atoms with E-state index in [4.69, 9.17) is 10.8 Å². The second kappa shape index (κ2) is 9.91. The molecule has 7 nitrogen and oxygen atoms in total. The van der Waals surface area contributed by atoms with E-state index < -0.39 is 6.04 Å². The molecule has 156 valence electrons. The van der Waals surface area contributed by atoms with Crippen LogP contribution in [0.4, 0.5) is 0 Å². The summed E-state index contributed by atoms with van der Waals surface area (Å²) in [5.41, 5.74) is 11.6. The van der Waals surface area contributed by atoms with Crippen LogP contribution in [0.2, 0.25) is 0 Å². The van der Waals surface area contributed by atoms with Gasteiger partial charge in [-0.05, 0) is 6.42 Å². The lowest BCUT2D eigenvalue weighted by atomic mass is 10.0. The molecule has 0 radical (unpaired) electrons. The minimum atomic E-state index is -0.560. The van der Waals surface area contributed by atoms with Crippen molar-refractivity contribution in [1.82, 2.24) is 24.6 Å². The summed E-state index contributed by atoms with van der Waals surface area (Å²) in [6.07, 6.45) is 5.32. The average molecular weight is 437 g/mol. The zero-order valence-corrected chi connectivity index (χ0v) is 17.9. The van der Waals surface area contributed by atoms with Gasteiger partial charge in [0.1, 0.15) is 0 Å². The molecule has 2 aromatic heterocycles. The van der Waals surface area contributed by atoms with Gasteiger partial charge in [-0.25, -0.2) is 4.98 Å². The minimum Gasteiger partial charge on any atom is -0.348 e. The number of carbonyl (C=O) groups is 1. The second-order valence-electron chi connectivity index (χ2n) is 6.98. The fourth-order valence-electron chi connectivity index (χ4n) is 3.82. The molecule has 29 heavy (non-hydrogen) atoms. The molecule has 4 rings (SSSR count). The predicted octanol–water partition coefficient (Wildman–Crippen LogP) is 2.15. The number of hydrogen-bond donors (Lipinski definition) is 2. The molecule has 3 aromatic rings. The van der Waals surface area contributed by atoms with Gasteiger partial charge in [0.05, 0.1) is 23.8 Å². The number of H-pyrrole nitrogens is 1. The molecule has 0 spiro atoms. The maximum Gasteiger partial charge on any atom is 0.239 e. The van der Waals surface area contributed by atoms with Crippen molar-refractivity contribution in [3.63, 3.8) is 0 Å². The first kappa shape index (κ1) is 22.9. The number of fused-ring (bicyclic) bond motifs is 1. The Morgan fingerprint density at radius 2 is 1.93 bits per heavy atom. The summed E-state index contributed by atoms with van der Waals surface area (Å²) in [4.78, 5) is 21.7. The number of aromatic nitrogens is 4. The van der Waals surface area contributed by atoms with Crippen molar-refractivity contribution in [2.75, 3.05) is 13.1 Å². The molecule has 0 saturated heterocycles. The van der Waals surface area contributed by atoms with Gasteiger partial charge in [-0.1, -0.05) is 30.3 Å². The SMILES string of the molecule is Cl.Cl.Cn1nc2c(c1-c1ccccc1)CCN(C(=O)[C@@H](N)Cc1cnc[nH]1)CC2. The number of carbonyl (C=O) groups excluding carboxylic acids is 1. The monoisotopic (exact) mass is 436 g/mol. The van der Waals surface area contributed by atoms with E-state index in [1.807, 2.05) is 34.8 Å². The van der Waals surface area contributed by atoms with Crippen LogP contribution in [0.3, 0.4) is 0 Å². The number of nitrogens with one attached hydrogen (secondary N) is 1. The Morgan fingerprint density at radius 3 is 2.62 bits per heavy atom. The third-order valence-corrected chi connectivity index (χ3v) is 5.15. The first-order chi connectivity index (χ1) is 13.1. The number of hydrogen-bond acceptors (Lipinski definition) is 4. The van der Waals surface area contributed by atoms with Crippen LogP contribution in [0.25, 0.3) is 11.3 Å². The van der Waals surface area contributed by atoms with Crippen molar-refractivity contribution < 1.29 is 4.79 Å². The van der Waals surface area contributed by atoms with E-state index >= 15 is 0 Å². The Kier molecular flexibility index (Phi) is 7.84. The standard InChI is InChI=1S/C20H24N6O.2ClH/c1-25-19(14-5-3-2-4-6-14)16-7-9-26(10-8-18(16)24-25)20(27)17(21)11-15-12-22-13-23-15;;/h2-6,12-13,17H,7-11,21H2,1H3,(H,22,23);2*1H/t17-;;/m0../s1. The van der Waals surface area contributed by atoms with Crippen LogP contribution in [0.5, 0.6) is 0 Å². The maximum atomic E-state index is 12.8. The molecule has 0 unspecified atom stereocenters. The quantitative estimate of drug-likeness (QED) is 0.654. The van der Waals surface area contributed by atoms with Crippen LogP contribution in [0.15, 0.2) is 42.9 Å². The van der Waals surface area contributed by atoms with Crippen LogP contribution in [-0.2, 0) is 31.1 Å². The van der Waals surface area contributed by atoms with Crippen molar-refractivity contribution in [3.8, 4) is 11.3 Å². The van der Waals surface area contributed by atoms with Gasteiger partial charge in [-0.2, -0.15) is 5.10 Å². The van der Waals surface area contributed by atoms with E-state index in [2.05, 4.69) is 22.1 Å². The van der Waals surface area contributed by atoms with E-state index in [9.17, 15) is 4.79 Å². The Balaban J connectivity index is 0.00000150. The molecule has 1 aliphatic heterocycles. The van der Waals surface area contributed by atoms with Crippen LogP contribution in [0.1, 0.15) is 17.0 Å². The summed E-state index contributed by atoms with van der Waals surface area (Å²) in [5.74, 6) is -0.0135. The lowest BCUT2D eigenvalue weighted by molar-refractivity contribution is -0.132. The van der Waals surface area contributed by atoms with Crippen LogP contribution in [0, 0.1) is 0 Å². The highest BCUT2D eigenvalue weighted by molar-refractivity contribution is 5.85. The molecule has 1 aliphatic rings. The zero-order valence-electron chi connectivity index (χ0n) is 16.2. The third-order valence-electron chi connectivity index (χ3n) is 5.15. The Labute approximate surface area is 182 Å². The number of rotatable bonds is 4.